The monoisotopic (exact) mass is 406 g/mol. The van der Waals surface area contributed by atoms with Crippen molar-refractivity contribution >= 4 is 22.5 Å². The number of hydrogen-bond donors (Lipinski definition) is 1. The summed E-state index contributed by atoms with van der Waals surface area (Å²) in [5, 5.41) is 3.48. The van der Waals surface area contributed by atoms with Gasteiger partial charge in [-0.2, -0.15) is 0 Å². The Labute approximate surface area is 175 Å². The standard InChI is InChI=1S/C22H26N6O2/c1-15-23-3-2-21(26-15)27-17-10-16(11-17)14-30-20-13-18(28-6-8-29-9-7-28)12-19-22(20)25-5-4-24-19/h2-5,12-13,16-17H,6-11,14H2,1H3,(H,23,26,27)/t16-,17-. The van der Waals surface area contributed by atoms with Gasteiger partial charge in [0, 0.05) is 49.5 Å². The average Bonchev–Trinajstić information content (AvgIpc) is 2.75. The summed E-state index contributed by atoms with van der Waals surface area (Å²) in [6.07, 6.45) is 7.37. The van der Waals surface area contributed by atoms with Crippen LogP contribution in [0.25, 0.3) is 11.0 Å². The number of anilines is 2. The minimum absolute atomic E-state index is 0.434. The molecule has 2 fully saturated rings. The molecule has 1 N–H and O–H groups in total. The van der Waals surface area contributed by atoms with Crippen LogP contribution in [0.1, 0.15) is 18.7 Å². The molecular weight excluding hydrogens is 380 g/mol. The van der Waals surface area contributed by atoms with Crippen LogP contribution in [0, 0.1) is 12.8 Å². The van der Waals surface area contributed by atoms with E-state index < -0.39 is 0 Å². The van der Waals surface area contributed by atoms with Crippen molar-refractivity contribution in [3.63, 3.8) is 0 Å². The van der Waals surface area contributed by atoms with E-state index in [1.54, 1.807) is 18.6 Å². The molecule has 8 nitrogen and oxygen atoms in total. The summed E-state index contributed by atoms with van der Waals surface area (Å²) in [6, 6.07) is 6.54. The quantitative estimate of drug-likeness (QED) is 0.669. The van der Waals surface area contributed by atoms with Gasteiger partial charge in [-0.3, -0.25) is 4.98 Å². The van der Waals surface area contributed by atoms with Crippen molar-refractivity contribution in [3.8, 4) is 5.75 Å². The number of aromatic nitrogens is 4. The number of nitrogens with one attached hydrogen (secondary N) is 1. The fourth-order valence-corrected chi connectivity index (χ4v) is 4.09. The van der Waals surface area contributed by atoms with Crippen molar-refractivity contribution in [2.24, 2.45) is 5.92 Å². The van der Waals surface area contributed by atoms with Crippen LogP contribution in [0.15, 0.2) is 36.8 Å². The van der Waals surface area contributed by atoms with Crippen molar-refractivity contribution in [1.29, 1.82) is 0 Å². The van der Waals surface area contributed by atoms with Gasteiger partial charge < -0.3 is 19.7 Å². The van der Waals surface area contributed by atoms with Gasteiger partial charge in [0.05, 0.1) is 25.3 Å². The largest absolute Gasteiger partial charge is 0.491 e. The molecule has 0 atom stereocenters. The Balaban J connectivity index is 1.23. The molecule has 0 radical (unpaired) electrons. The van der Waals surface area contributed by atoms with Gasteiger partial charge in [-0.25, -0.2) is 15.0 Å². The first kappa shape index (κ1) is 19.0. The minimum Gasteiger partial charge on any atom is -0.491 e. The molecule has 5 rings (SSSR count). The van der Waals surface area contributed by atoms with E-state index in [0.717, 1.165) is 73.3 Å². The van der Waals surface area contributed by atoms with Crippen molar-refractivity contribution in [2.75, 3.05) is 43.1 Å². The molecule has 0 bridgehead atoms. The van der Waals surface area contributed by atoms with Gasteiger partial charge in [-0.1, -0.05) is 0 Å². The molecule has 3 heterocycles. The van der Waals surface area contributed by atoms with Crippen LogP contribution < -0.4 is 15.0 Å². The van der Waals surface area contributed by atoms with E-state index in [1.165, 1.54) is 0 Å². The highest BCUT2D eigenvalue weighted by Crippen LogP contribution is 2.33. The Hall–Kier alpha value is -3.00. The molecule has 8 heteroatoms. The first-order valence-electron chi connectivity index (χ1n) is 10.5. The Bertz CT molecular complexity index is 1020. The number of rotatable bonds is 6. The van der Waals surface area contributed by atoms with Gasteiger partial charge in [0.2, 0.25) is 0 Å². The molecule has 0 unspecified atom stereocenters. The van der Waals surface area contributed by atoms with Crippen molar-refractivity contribution < 1.29 is 9.47 Å². The molecule has 0 amide bonds. The topological polar surface area (TPSA) is 85.3 Å². The van der Waals surface area contributed by atoms with E-state index in [0.29, 0.717) is 18.6 Å². The Morgan fingerprint density at radius 1 is 1.10 bits per heavy atom. The highest BCUT2D eigenvalue weighted by Gasteiger charge is 2.30. The number of aryl methyl sites for hydroxylation is 1. The molecule has 2 aliphatic rings. The first-order chi connectivity index (χ1) is 14.7. The lowest BCUT2D eigenvalue weighted by Gasteiger charge is -2.36. The molecule has 1 aromatic carbocycles. The van der Waals surface area contributed by atoms with Crippen molar-refractivity contribution in [1.82, 2.24) is 19.9 Å². The molecule has 156 valence electrons. The van der Waals surface area contributed by atoms with E-state index in [2.05, 4.69) is 42.3 Å². The summed E-state index contributed by atoms with van der Waals surface area (Å²) in [5.41, 5.74) is 2.80. The van der Waals surface area contributed by atoms with E-state index in [9.17, 15) is 0 Å². The third-order valence-electron chi connectivity index (χ3n) is 5.74. The van der Waals surface area contributed by atoms with E-state index >= 15 is 0 Å². The summed E-state index contributed by atoms with van der Waals surface area (Å²) in [6.45, 7) is 5.83. The van der Waals surface area contributed by atoms with Gasteiger partial charge in [-0.15, -0.1) is 0 Å². The second-order valence-electron chi connectivity index (χ2n) is 7.95. The van der Waals surface area contributed by atoms with E-state index in [4.69, 9.17) is 9.47 Å². The predicted octanol–water partition coefficient (Wildman–Crippen LogP) is 2.83. The van der Waals surface area contributed by atoms with Crippen LogP contribution in [0.4, 0.5) is 11.5 Å². The molecule has 3 aromatic rings. The SMILES string of the molecule is Cc1nccc(N[C@H]2C[C@H](COc3cc(N4CCOCC4)cc4nccnc34)C2)n1. The van der Waals surface area contributed by atoms with Crippen LogP contribution in [0.2, 0.25) is 0 Å². The Kier molecular flexibility index (Phi) is 5.31. The van der Waals surface area contributed by atoms with Gasteiger partial charge in [-0.05, 0) is 37.8 Å². The highest BCUT2D eigenvalue weighted by molar-refractivity contribution is 5.85. The van der Waals surface area contributed by atoms with Gasteiger partial charge in [0.15, 0.2) is 0 Å². The van der Waals surface area contributed by atoms with Gasteiger partial charge in [0.1, 0.15) is 22.9 Å². The van der Waals surface area contributed by atoms with Crippen LogP contribution in [0.3, 0.4) is 0 Å². The molecule has 1 saturated carbocycles. The van der Waals surface area contributed by atoms with Crippen LogP contribution in [-0.2, 0) is 4.74 Å². The number of morpholine rings is 1. The summed E-state index contributed by atoms with van der Waals surface area (Å²) in [7, 11) is 0. The maximum absolute atomic E-state index is 6.26. The number of benzene rings is 1. The number of fused-ring (bicyclic) bond motifs is 1. The summed E-state index contributed by atoms with van der Waals surface area (Å²) in [5.74, 6) is 3.01. The maximum atomic E-state index is 6.26. The zero-order chi connectivity index (χ0) is 20.3. The molecule has 1 saturated heterocycles. The van der Waals surface area contributed by atoms with Gasteiger partial charge >= 0.3 is 0 Å². The van der Waals surface area contributed by atoms with Gasteiger partial charge in [0.25, 0.3) is 0 Å². The fraction of sp³-hybridized carbons (Fsp3) is 0.455. The number of hydrogen-bond acceptors (Lipinski definition) is 8. The van der Waals surface area contributed by atoms with Crippen LogP contribution in [-0.4, -0.2) is 58.9 Å². The number of nitrogens with zero attached hydrogens (tertiary/aromatic N) is 5. The average molecular weight is 406 g/mol. The van der Waals surface area contributed by atoms with E-state index in [1.807, 2.05) is 13.0 Å². The summed E-state index contributed by atoms with van der Waals surface area (Å²) >= 11 is 0. The smallest absolute Gasteiger partial charge is 0.149 e. The zero-order valence-electron chi connectivity index (χ0n) is 17.1. The van der Waals surface area contributed by atoms with Crippen molar-refractivity contribution in [3.05, 3.63) is 42.6 Å². The predicted molar refractivity (Wildman–Crippen MR) is 115 cm³/mol. The summed E-state index contributed by atoms with van der Waals surface area (Å²) < 4.78 is 11.7. The second kappa shape index (κ2) is 8.39. The first-order valence-corrected chi connectivity index (χ1v) is 10.5. The fourth-order valence-electron chi connectivity index (χ4n) is 4.09. The molecule has 30 heavy (non-hydrogen) atoms. The minimum atomic E-state index is 0.434. The molecule has 1 aliphatic heterocycles. The Morgan fingerprint density at radius 3 is 2.77 bits per heavy atom. The lowest BCUT2D eigenvalue weighted by molar-refractivity contribution is 0.122. The molecule has 1 aliphatic carbocycles. The second-order valence-corrected chi connectivity index (χ2v) is 7.95. The highest BCUT2D eigenvalue weighted by atomic mass is 16.5. The Morgan fingerprint density at radius 2 is 1.93 bits per heavy atom. The molecular formula is C22H26N6O2. The molecule has 0 spiro atoms. The third kappa shape index (κ3) is 4.14. The van der Waals surface area contributed by atoms with E-state index in [-0.39, 0.29) is 0 Å². The van der Waals surface area contributed by atoms with Crippen LogP contribution >= 0.6 is 0 Å². The maximum Gasteiger partial charge on any atom is 0.149 e. The van der Waals surface area contributed by atoms with Crippen LogP contribution in [0.5, 0.6) is 5.75 Å². The lowest BCUT2D eigenvalue weighted by atomic mass is 9.81. The third-order valence-corrected chi connectivity index (χ3v) is 5.74. The summed E-state index contributed by atoms with van der Waals surface area (Å²) in [4.78, 5) is 19.9. The number of ether oxygens (including phenoxy) is 2. The normalized spacial score (nSPS) is 21.3. The zero-order valence-corrected chi connectivity index (χ0v) is 17.1. The lowest BCUT2D eigenvalue weighted by Crippen LogP contribution is -2.38. The molecule has 2 aromatic heterocycles. The van der Waals surface area contributed by atoms with Crippen molar-refractivity contribution in [2.45, 2.75) is 25.8 Å².